The molecule has 1 aliphatic carbocycles. The van der Waals surface area contributed by atoms with Gasteiger partial charge < -0.3 is 15.1 Å². The van der Waals surface area contributed by atoms with E-state index in [1.54, 1.807) is 18.1 Å². The van der Waals surface area contributed by atoms with E-state index in [1.165, 1.54) is 41.7 Å². The molecule has 3 aromatic rings. The summed E-state index contributed by atoms with van der Waals surface area (Å²) in [5.41, 5.74) is 6.45. The molecule has 2 aromatic carbocycles. The van der Waals surface area contributed by atoms with Gasteiger partial charge in [0.05, 0.1) is 24.0 Å². The first-order chi connectivity index (χ1) is 18.6. The van der Waals surface area contributed by atoms with E-state index in [-0.39, 0.29) is 5.91 Å². The molecule has 1 saturated heterocycles. The fraction of sp³-hybridized carbons (Fsp3) is 0.433. The molecule has 8 heteroatoms. The van der Waals surface area contributed by atoms with Crippen LogP contribution in [-0.2, 0) is 13.1 Å². The van der Waals surface area contributed by atoms with Crippen molar-refractivity contribution in [3.8, 4) is 0 Å². The quantitative estimate of drug-likeness (QED) is 0.472. The Bertz CT molecular complexity index is 1270. The molecule has 7 nitrogen and oxygen atoms in total. The number of piperazine rings is 1. The normalized spacial score (nSPS) is 18.9. The zero-order chi connectivity index (χ0) is 25.9. The molecule has 1 amide bonds. The fourth-order valence-corrected chi connectivity index (χ4v) is 6.86. The van der Waals surface area contributed by atoms with E-state index in [0.717, 1.165) is 62.1 Å². The molecule has 1 N–H and O–H groups in total. The lowest BCUT2D eigenvalue weighted by Crippen LogP contribution is -2.43. The number of benzene rings is 2. The van der Waals surface area contributed by atoms with Gasteiger partial charge in [-0.05, 0) is 72.8 Å². The molecule has 38 heavy (non-hydrogen) atoms. The number of nitrogens with one attached hydrogen (secondary N) is 1. The number of thioether (sulfide) groups is 1. The second-order valence-electron chi connectivity index (χ2n) is 10.9. The number of fused-ring (bicyclic) bond motifs is 1. The summed E-state index contributed by atoms with van der Waals surface area (Å²) < 4.78 is 0. The molecule has 0 bridgehead atoms. The highest BCUT2D eigenvalue weighted by atomic mass is 32.2. The standard InChI is InChI=1S/C30H36N6OS/c1-34-8-10-35(11-9-34)18-22-12-25(23-4-2-3-5-23)15-27(13-22)33-30(37)24-6-7-29-26(14-24)19-36(21-38-29)28-16-31-20-32-17-28/h6-7,12-17,20,23H,2-5,8-11,18-19,21H2,1H3,(H,33,37). The third-order valence-electron chi connectivity index (χ3n) is 8.07. The molecule has 0 spiro atoms. The van der Waals surface area contributed by atoms with Gasteiger partial charge >= 0.3 is 0 Å². The Hall–Kier alpha value is -2.94. The Balaban J connectivity index is 1.20. The first-order valence-corrected chi connectivity index (χ1v) is 14.7. The number of aromatic nitrogens is 2. The van der Waals surface area contributed by atoms with E-state index < -0.39 is 0 Å². The molecule has 3 heterocycles. The molecule has 6 rings (SSSR count). The van der Waals surface area contributed by atoms with Crippen LogP contribution in [0.15, 0.2) is 60.0 Å². The monoisotopic (exact) mass is 528 g/mol. The molecule has 1 aromatic heterocycles. The van der Waals surface area contributed by atoms with Crippen molar-refractivity contribution in [1.82, 2.24) is 19.8 Å². The third-order valence-corrected chi connectivity index (χ3v) is 9.22. The van der Waals surface area contributed by atoms with Gasteiger partial charge in [0, 0.05) is 55.4 Å². The van der Waals surface area contributed by atoms with Gasteiger partial charge in [0.25, 0.3) is 5.91 Å². The molecule has 0 radical (unpaired) electrons. The van der Waals surface area contributed by atoms with Gasteiger partial charge in [0.1, 0.15) is 6.33 Å². The number of rotatable bonds is 6. The van der Waals surface area contributed by atoms with Crippen LogP contribution in [0.1, 0.15) is 58.6 Å². The van der Waals surface area contributed by atoms with Crippen LogP contribution < -0.4 is 10.2 Å². The second-order valence-corrected chi connectivity index (χ2v) is 11.9. The minimum Gasteiger partial charge on any atom is -0.355 e. The summed E-state index contributed by atoms with van der Waals surface area (Å²) in [4.78, 5) is 30.2. The summed E-state index contributed by atoms with van der Waals surface area (Å²) in [5, 5.41) is 3.25. The van der Waals surface area contributed by atoms with Crippen molar-refractivity contribution in [3.05, 3.63) is 77.4 Å². The van der Waals surface area contributed by atoms with Gasteiger partial charge in [-0.25, -0.2) is 9.97 Å². The van der Waals surface area contributed by atoms with E-state index in [2.05, 4.69) is 61.3 Å². The molecule has 3 aliphatic rings. The molecular formula is C30H36N6OS. The van der Waals surface area contributed by atoms with Crippen molar-refractivity contribution >= 4 is 29.0 Å². The summed E-state index contributed by atoms with van der Waals surface area (Å²) in [6, 6.07) is 12.9. The van der Waals surface area contributed by atoms with Gasteiger partial charge in [-0.3, -0.25) is 9.69 Å². The topological polar surface area (TPSA) is 64.6 Å². The van der Waals surface area contributed by atoms with Crippen molar-refractivity contribution in [2.75, 3.05) is 49.3 Å². The Morgan fingerprint density at radius 3 is 2.61 bits per heavy atom. The predicted molar refractivity (Wildman–Crippen MR) is 154 cm³/mol. The predicted octanol–water partition coefficient (Wildman–Crippen LogP) is 5.20. The van der Waals surface area contributed by atoms with Crippen LogP contribution in [0.2, 0.25) is 0 Å². The highest BCUT2D eigenvalue weighted by Crippen LogP contribution is 2.36. The first kappa shape index (κ1) is 25.3. The minimum atomic E-state index is -0.0490. The molecule has 2 aliphatic heterocycles. The van der Waals surface area contributed by atoms with Gasteiger partial charge in [-0.15, -0.1) is 11.8 Å². The smallest absolute Gasteiger partial charge is 0.255 e. The van der Waals surface area contributed by atoms with Crippen LogP contribution in [0.25, 0.3) is 0 Å². The van der Waals surface area contributed by atoms with Gasteiger partial charge in [-0.1, -0.05) is 18.9 Å². The average Bonchev–Trinajstić information content (AvgIpc) is 3.49. The molecular weight excluding hydrogens is 492 g/mol. The fourth-order valence-electron chi connectivity index (χ4n) is 5.85. The lowest BCUT2D eigenvalue weighted by atomic mass is 9.95. The van der Waals surface area contributed by atoms with Crippen LogP contribution in [0.4, 0.5) is 11.4 Å². The van der Waals surface area contributed by atoms with E-state index in [0.29, 0.717) is 11.5 Å². The van der Waals surface area contributed by atoms with Crippen molar-refractivity contribution in [3.63, 3.8) is 0 Å². The van der Waals surface area contributed by atoms with Crippen molar-refractivity contribution in [2.45, 2.75) is 49.6 Å². The SMILES string of the molecule is CN1CCN(Cc2cc(NC(=O)c3ccc4c(c3)CN(c3cncnc3)CS4)cc(C3CCCC3)c2)CC1. The molecule has 1 saturated carbocycles. The maximum atomic E-state index is 13.5. The van der Waals surface area contributed by atoms with E-state index >= 15 is 0 Å². The van der Waals surface area contributed by atoms with E-state index in [1.807, 2.05) is 24.5 Å². The molecule has 2 fully saturated rings. The van der Waals surface area contributed by atoms with Gasteiger partial charge in [0.2, 0.25) is 0 Å². The third kappa shape index (κ3) is 5.87. The van der Waals surface area contributed by atoms with Crippen LogP contribution in [0, 0.1) is 0 Å². The van der Waals surface area contributed by atoms with Gasteiger partial charge in [0.15, 0.2) is 0 Å². The Kier molecular flexibility index (Phi) is 7.63. The second kappa shape index (κ2) is 11.4. The Labute approximate surface area is 229 Å². The van der Waals surface area contributed by atoms with E-state index in [4.69, 9.17) is 0 Å². The average molecular weight is 529 g/mol. The summed E-state index contributed by atoms with van der Waals surface area (Å²) in [7, 11) is 2.19. The Morgan fingerprint density at radius 2 is 1.82 bits per heavy atom. The summed E-state index contributed by atoms with van der Waals surface area (Å²) in [6.07, 6.45) is 10.3. The van der Waals surface area contributed by atoms with Gasteiger partial charge in [-0.2, -0.15) is 0 Å². The number of anilines is 2. The summed E-state index contributed by atoms with van der Waals surface area (Å²) in [6.45, 7) is 6.07. The molecule has 198 valence electrons. The number of hydrogen-bond acceptors (Lipinski definition) is 7. The Morgan fingerprint density at radius 1 is 1.03 bits per heavy atom. The zero-order valence-electron chi connectivity index (χ0n) is 22.1. The number of carbonyl (C=O) groups is 1. The van der Waals surface area contributed by atoms with Crippen molar-refractivity contribution < 1.29 is 4.79 Å². The number of hydrogen-bond donors (Lipinski definition) is 1. The largest absolute Gasteiger partial charge is 0.355 e. The minimum absolute atomic E-state index is 0.0490. The van der Waals surface area contributed by atoms with Crippen LogP contribution in [-0.4, -0.2) is 64.8 Å². The van der Waals surface area contributed by atoms with Crippen LogP contribution in [0.3, 0.4) is 0 Å². The van der Waals surface area contributed by atoms with E-state index in [9.17, 15) is 4.79 Å². The number of amides is 1. The summed E-state index contributed by atoms with van der Waals surface area (Å²) >= 11 is 1.78. The number of carbonyl (C=O) groups excluding carboxylic acids is 1. The molecule has 0 atom stereocenters. The first-order valence-electron chi connectivity index (χ1n) is 13.7. The highest BCUT2D eigenvalue weighted by Gasteiger charge is 2.22. The zero-order valence-corrected chi connectivity index (χ0v) is 22.9. The lowest BCUT2D eigenvalue weighted by Gasteiger charge is -2.32. The maximum Gasteiger partial charge on any atom is 0.255 e. The van der Waals surface area contributed by atoms with Crippen molar-refractivity contribution in [2.24, 2.45) is 0 Å². The maximum absolute atomic E-state index is 13.5. The van der Waals surface area contributed by atoms with Crippen LogP contribution in [0.5, 0.6) is 0 Å². The van der Waals surface area contributed by atoms with Crippen LogP contribution >= 0.6 is 11.8 Å². The lowest BCUT2D eigenvalue weighted by molar-refractivity contribution is 0.102. The number of nitrogens with zero attached hydrogens (tertiary/aromatic N) is 5. The highest BCUT2D eigenvalue weighted by molar-refractivity contribution is 7.99. The van der Waals surface area contributed by atoms with Crippen molar-refractivity contribution in [1.29, 1.82) is 0 Å². The number of likely N-dealkylation sites (N-methyl/N-ethyl adjacent to an activating group) is 1. The molecule has 0 unspecified atom stereocenters. The summed E-state index contributed by atoms with van der Waals surface area (Å²) in [5.74, 6) is 1.40.